The number of methoxy groups -OCH3 is 1. The highest BCUT2D eigenvalue weighted by molar-refractivity contribution is 4.95. The second-order valence-corrected chi connectivity index (χ2v) is 5.40. The molecule has 2 aliphatic carbocycles. The van der Waals surface area contributed by atoms with E-state index in [9.17, 15) is 0 Å². The Labute approximate surface area is 93.8 Å². The second kappa shape index (κ2) is 4.84. The summed E-state index contributed by atoms with van der Waals surface area (Å²) >= 11 is 0. The molecule has 0 aromatic rings. The molecule has 2 nitrogen and oxygen atoms in total. The molecular weight excluding hydrogens is 186 g/mol. The SMILES string of the molecule is CCC1(CNC2CCCCC2OC)CC1. The van der Waals surface area contributed by atoms with E-state index in [-0.39, 0.29) is 0 Å². The molecule has 0 bridgehead atoms. The van der Waals surface area contributed by atoms with Crippen LogP contribution in [-0.4, -0.2) is 25.8 Å². The van der Waals surface area contributed by atoms with Gasteiger partial charge in [-0.05, 0) is 37.5 Å². The van der Waals surface area contributed by atoms with Crippen LogP contribution in [0.15, 0.2) is 0 Å². The van der Waals surface area contributed by atoms with Gasteiger partial charge >= 0.3 is 0 Å². The van der Waals surface area contributed by atoms with Crippen LogP contribution in [0.2, 0.25) is 0 Å². The standard InChI is InChI=1S/C13H25NO/c1-3-13(8-9-13)10-14-11-6-4-5-7-12(11)15-2/h11-12,14H,3-10H2,1-2H3. The van der Waals surface area contributed by atoms with E-state index in [0.29, 0.717) is 17.6 Å². The Morgan fingerprint density at radius 2 is 2.00 bits per heavy atom. The molecule has 2 atom stereocenters. The third kappa shape index (κ3) is 2.73. The molecule has 15 heavy (non-hydrogen) atoms. The van der Waals surface area contributed by atoms with Crippen molar-refractivity contribution in [3.8, 4) is 0 Å². The van der Waals surface area contributed by atoms with Crippen molar-refractivity contribution in [1.82, 2.24) is 5.32 Å². The zero-order valence-electron chi connectivity index (χ0n) is 10.2. The lowest BCUT2D eigenvalue weighted by Gasteiger charge is -2.32. The van der Waals surface area contributed by atoms with E-state index < -0.39 is 0 Å². The van der Waals surface area contributed by atoms with Gasteiger partial charge in [-0.25, -0.2) is 0 Å². The number of rotatable bonds is 5. The largest absolute Gasteiger partial charge is 0.380 e. The van der Waals surface area contributed by atoms with E-state index in [1.54, 1.807) is 0 Å². The first-order valence-corrected chi connectivity index (χ1v) is 6.56. The third-order valence-electron chi connectivity index (χ3n) is 4.45. The van der Waals surface area contributed by atoms with E-state index in [1.165, 1.54) is 51.5 Å². The normalized spacial score (nSPS) is 34.0. The smallest absolute Gasteiger partial charge is 0.0724 e. The average Bonchev–Trinajstić information content (AvgIpc) is 3.07. The van der Waals surface area contributed by atoms with E-state index in [1.807, 2.05) is 7.11 Å². The molecule has 88 valence electrons. The first-order chi connectivity index (χ1) is 7.29. The van der Waals surface area contributed by atoms with Crippen LogP contribution in [0.4, 0.5) is 0 Å². The summed E-state index contributed by atoms with van der Waals surface area (Å²) in [4.78, 5) is 0. The van der Waals surface area contributed by atoms with Gasteiger partial charge < -0.3 is 10.1 Å². The van der Waals surface area contributed by atoms with Gasteiger partial charge in [0.25, 0.3) is 0 Å². The van der Waals surface area contributed by atoms with Gasteiger partial charge in [0.2, 0.25) is 0 Å². The highest BCUT2D eigenvalue weighted by atomic mass is 16.5. The summed E-state index contributed by atoms with van der Waals surface area (Å²) in [6, 6.07) is 0.618. The fraction of sp³-hybridized carbons (Fsp3) is 1.00. The van der Waals surface area contributed by atoms with E-state index in [2.05, 4.69) is 12.2 Å². The first kappa shape index (κ1) is 11.4. The van der Waals surface area contributed by atoms with Gasteiger partial charge in [-0.1, -0.05) is 19.8 Å². The number of hydrogen-bond acceptors (Lipinski definition) is 2. The van der Waals surface area contributed by atoms with Crippen molar-refractivity contribution >= 4 is 0 Å². The lowest BCUT2D eigenvalue weighted by atomic mass is 9.91. The molecule has 0 amide bonds. The Balaban J connectivity index is 1.77. The summed E-state index contributed by atoms with van der Waals surface area (Å²) in [5.74, 6) is 0. The summed E-state index contributed by atoms with van der Waals surface area (Å²) in [5.41, 5.74) is 0.662. The molecule has 2 rings (SSSR count). The van der Waals surface area contributed by atoms with Gasteiger partial charge in [-0.2, -0.15) is 0 Å². The maximum absolute atomic E-state index is 5.56. The Hall–Kier alpha value is -0.0800. The molecule has 0 aromatic heterocycles. The summed E-state index contributed by atoms with van der Waals surface area (Å²) in [6.45, 7) is 3.54. The van der Waals surface area contributed by atoms with Crippen molar-refractivity contribution in [3.05, 3.63) is 0 Å². The number of hydrogen-bond donors (Lipinski definition) is 1. The fourth-order valence-electron chi connectivity index (χ4n) is 2.79. The predicted molar refractivity (Wildman–Crippen MR) is 63.0 cm³/mol. The quantitative estimate of drug-likeness (QED) is 0.755. The van der Waals surface area contributed by atoms with Gasteiger partial charge in [0.15, 0.2) is 0 Å². The first-order valence-electron chi connectivity index (χ1n) is 6.56. The molecule has 2 fully saturated rings. The highest BCUT2D eigenvalue weighted by Crippen LogP contribution is 2.48. The zero-order chi connectivity index (χ0) is 10.7. The van der Waals surface area contributed by atoms with E-state index in [4.69, 9.17) is 4.74 Å². The topological polar surface area (TPSA) is 21.3 Å². The Kier molecular flexibility index (Phi) is 3.68. The van der Waals surface area contributed by atoms with Crippen molar-refractivity contribution in [1.29, 1.82) is 0 Å². The van der Waals surface area contributed by atoms with Crippen molar-refractivity contribution in [2.75, 3.05) is 13.7 Å². The number of ether oxygens (including phenoxy) is 1. The predicted octanol–water partition coefficient (Wildman–Crippen LogP) is 2.72. The molecule has 2 saturated carbocycles. The molecule has 0 aromatic carbocycles. The van der Waals surface area contributed by atoms with Crippen LogP contribution in [0.3, 0.4) is 0 Å². The van der Waals surface area contributed by atoms with Crippen LogP contribution in [-0.2, 0) is 4.74 Å². The van der Waals surface area contributed by atoms with Crippen molar-refractivity contribution < 1.29 is 4.74 Å². The summed E-state index contributed by atoms with van der Waals surface area (Å²) in [5, 5.41) is 3.75. The maximum Gasteiger partial charge on any atom is 0.0724 e. The van der Waals surface area contributed by atoms with Gasteiger partial charge in [-0.3, -0.25) is 0 Å². The van der Waals surface area contributed by atoms with E-state index >= 15 is 0 Å². The molecule has 1 N–H and O–H groups in total. The van der Waals surface area contributed by atoms with Gasteiger partial charge in [0.1, 0.15) is 0 Å². The summed E-state index contributed by atoms with van der Waals surface area (Å²) < 4.78 is 5.56. The van der Waals surface area contributed by atoms with Crippen LogP contribution in [0.25, 0.3) is 0 Å². The number of nitrogens with one attached hydrogen (secondary N) is 1. The van der Waals surface area contributed by atoms with Crippen molar-refractivity contribution in [2.45, 2.75) is 64.0 Å². The zero-order valence-corrected chi connectivity index (χ0v) is 10.2. The van der Waals surface area contributed by atoms with Crippen molar-refractivity contribution in [2.24, 2.45) is 5.41 Å². The molecule has 2 aliphatic rings. The molecule has 0 saturated heterocycles. The average molecular weight is 211 g/mol. The minimum Gasteiger partial charge on any atom is -0.380 e. The lowest BCUT2D eigenvalue weighted by molar-refractivity contribution is 0.0400. The molecule has 0 heterocycles. The Bertz CT molecular complexity index is 201. The minimum atomic E-state index is 0.464. The second-order valence-electron chi connectivity index (χ2n) is 5.40. The highest BCUT2D eigenvalue weighted by Gasteiger charge is 2.41. The minimum absolute atomic E-state index is 0.464. The van der Waals surface area contributed by atoms with Crippen LogP contribution in [0, 0.1) is 5.41 Å². The molecular formula is C13H25NO. The van der Waals surface area contributed by atoms with E-state index in [0.717, 1.165) is 0 Å². The molecule has 0 aliphatic heterocycles. The van der Waals surface area contributed by atoms with Crippen LogP contribution >= 0.6 is 0 Å². The fourth-order valence-corrected chi connectivity index (χ4v) is 2.79. The van der Waals surface area contributed by atoms with Gasteiger partial charge in [0.05, 0.1) is 6.10 Å². The molecule has 2 unspecified atom stereocenters. The van der Waals surface area contributed by atoms with Gasteiger partial charge in [-0.15, -0.1) is 0 Å². The monoisotopic (exact) mass is 211 g/mol. The molecule has 0 spiro atoms. The van der Waals surface area contributed by atoms with Crippen molar-refractivity contribution in [3.63, 3.8) is 0 Å². The van der Waals surface area contributed by atoms with Crippen LogP contribution < -0.4 is 5.32 Å². The lowest BCUT2D eigenvalue weighted by Crippen LogP contribution is -2.45. The Morgan fingerprint density at radius 3 is 2.60 bits per heavy atom. The molecule has 0 radical (unpaired) electrons. The van der Waals surface area contributed by atoms with Crippen LogP contribution in [0.1, 0.15) is 51.9 Å². The Morgan fingerprint density at radius 1 is 1.27 bits per heavy atom. The summed E-state index contributed by atoms with van der Waals surface area (Å²) in [7, 11) is 1.86. The maximum atomic E-state index is 5.56. The molecule has 2 heteroatoms. The van der Waals surface area contributed by atoms with Gasteiger partial charge in [0, 0.05) is 19.7 Å². The van der Waals surface area contributed by atoms with Crippen LogP contribution in [0.5, 0.6) is 0 Å². The third-order valence-corrected chi connectivity index (χ3v) is 4.45. The summed E-state index contributed by atoms with van der Waals surface area (Å²) in [6.07, 6.45) is 9.93.